The lowest BCUT2D eigenvalue weighted by Crippen LogP contribution is -2.37. The van der Waals surface area contributed by atoms with Gasteiger partial charge in [-0.2, -0.15) is 0 Å². The van der Waals surface area contributed by atoms with Crippen molar-refractivity contribution in [1.82, 2.24) is 0 Å². The normalized spacial score (nSPS) is 11.0. The minimum Gasteiger partial charge on any atom is -0.460 e. The van der Waals surface area contributed by atoms with Gasteiger partial charge in [-0.05, 0) is 43.3 Å². The molecule has 0 spiro atoms. The van der Waals surface area contributed by atoms with E-state index in [0.29, 0.717) is 0 Å². The van der Waals surface area contributed by atoms with E-state index in [1.165, 1.54) is 0 Å². The molecule has 0 aliphatic rings. The van der Waals surface area contributed by atoms with E-state index in [9.17, 15) is 9.59 Å². The van der Waals surface area contributed by atoms with Crippen molar-refractivity contribution in [3.63, 3.8) is 0 Å². The predicted octanol–water partition coefficient (Wildman–Crippen LogP) is 3.11. The van der Waals surface area contributed by atoms with Crippen molar-refractivity contribution in [1.29, 1.82) is 0 Å². The lowest BCUT2D eigenvalue weighted by atomic mass is 10.3. The second kappa shape index (κ2) is 8.75. The van der Waals surface area contributed by atoms with Crippen LogP contribution in [0.1, 0.15) is 6.92 Å². The lowest BCUT2D eigenvalue weighted by molar-refractivity contribution is -0.152. The van der Waals surface area contributed by atoms with Crippen LogP contribution in [0, 0.1) is 0 Å². The molecule has 0 saturated heterocycles. The second-order valence-corrected chi connectivity index (χ2v) is 9.60. The first-order valence-corrected chi connectivity index (χ1v) is 10.9. The van der Waals surface area contributed by atoms with E-state index < -0.39 is 19.0 Å². The van der Waals surface area contributed by atoms with Crippen LogP contribution in [-0.4, -0.2) is 24.5 Å². The molecular formula is C23H22O3P+. The Bertz CT molecular complexity index is 796. The van der Waals surface area contributed by atoms with Gasteiger partial charge in [0.1, 0.15) is 29.3 Å². The summed E-state index contributed by atoms with van der Waals surface area (Å²) in [5.41, 5.74) is 0. The Morgan fingerprint density at radius 1 is 0.704 bits per heavy atom. The molecule has 0 radical (unpaired) electrons. The largest absolute Gasteiger partial charge is 0.460 e. The highest BCUT2D eigenvalue weighted by Gasteiger charge is 2.48. The highest BCUT2D eigenvalue weighted by Crippen LogP contribution is 2.55. The van der Waals surface area contributed by atoms with Gasteiger partial charge in [-0.25, -0.2) is 4.79 Å². The van der Waals surface area contributed by atoms with E-state index >= 15 is 0 Å². The smallest absolute Gasteiger partial charge is 0.378 e. The number of benzene rings is 3. The fraction of sp³-hybridized carbons (Fsp3) is 0.130. The minimum absolute atomic E-state index is 0.115. The molecule has 27 heavy (non-hydrogen) atoms. The number of hydrogen-bond donors (Lipinski definition) is 0. The molecule has 3 aromatic rings. The molecule has 3 aromatic carbocycles. The molecule has 0 heterocycles. The molecule has 0 aliphatic heterocycles. The van der Waals surface area contributed by atoms with Crippen LogP contribution in [0.3, 0.4) is 0 Å². The summed E-state index contributed by atoms with van der Waals surface area (Å²) in [5, 5.41) is 3.21. The summed E-state index contributed by atoms with van der Waals surface area (Å²) >= 11 is 0. The predicted molar refractivity (Wildman–Crippen MR) is 112 cm³/mol. The van der Waals surface area contributed by atoms with Gasteiger partial charge in [0.25, 0.3) is 5.78 Å². The molecule has 136 valence electrons. The van der Waals surface area contributed by atoms with Crippen molar-refractivity contribution < 1.29 is 14.3 Å². The quantitative estimate of drug-likeness (QED) is 0.361. The monoisotopic (exact) mass is 377 g/mol. The van der Waals surface area contributed by atoms with E-state index in [-0.39, 0.29) is 12.8 Å². The first kappa shape index (κ1) is 19.0. The highest BCUT2D eigenvalue weighted by molar-refractivity contribution is 7.96. The zero-order chi connectivity index (χ0) is 19.1. The maximum Gasteiger partial charge on any atom is 0.378 e. The summed E-state index contributed by atoms with van der Waals surface area (Å²) in [6.45, 7) is 1.90. The summed E-state index contributed by atoms with van der Waals surface area (Å²) in [5.74, 6) is -1.24. The van der Waals surface area contributed by atoms with Crippen LogP contribution in [0.2, 0.25) is 0 Å². The van der Waals surface area contributed by atoms with Crippen molar-refractivity contribution in [2.24, 2.45) is 0 Å². The molecule has 0 unspecified atom stereocenters. The third-order valence-electron chi connectivity index (χ3n) is 4.47. The van der Waals surface area contributed by atoms with E-state index in [4.69, 9.17) is 4.74 Å². The zero-order valence-electron chi connectivity index (χ0n) is 15.2. The fourth-order valence-electron chi connectivity index (χ4n) is 3.26. The average Bonchev–Trinajstić information content (AvgIpc) is 2.74. The van der Waals surface area contributed by atoms with Gasteiger partial charge in [-0.15, -0.1) is 0 Å². The molecule has 0 atom stereocenters. The number of hydrogen-bond acceptors (Lipinski definition) is 3. The Morgan fingerprint density at radius 2 is 1.07 bits per heavy atom. The van der Waals surface area contributed by atoms with Crippen molar-refractivity contribution >= 4 is 34.9 Å². The molecule has 0 fully saturated rings. The third kappa shape index (κ3) is 3.99. The first-order valence-electron chi connectivity index (χ1n) is 8.93. The summed E-state index contributed by atoms with van der Waals surface area (Å²) in [6.07, 6.45) is 0.115. The van der Waals surface area contributed by atoms with Crippen LogP contribution in [0.4, 0.5) is 0 Å². The van der Waals surface area contributed by atoms with Gasteiger partial charge in [0.15, 0.2) is 0 Å². The van der Waals surface area contributed by atoms with Gasteiger partial charge in [0.2, 0.25) is 0 Å². The van der Waals surface area contributed by atoms with Crippen LogP contribution < -0.4 is 15.9 Å². The molecule has 3 nitrogen and oxygen atoms in total. The number of ether oxygens (including phenoxy) is 1. The minimum atomic E-state index is -2.34. The molecular weight excluding hydrogens is 355 g/mol. The van der Waals surface area contributed by atoms with E-state index in [2.05, 4.69) is 0 Å². The number of carbonyl (C=O) groups is 2. The summed E-state index contributed by atoms with van der Waals surface area (Å²) in [4.78, 5) is 25.0. The Balaban J connectivity index is 2.23. The fourth-order valence-corrected chi connectivity index (χ4v) is 7.31. The molecule has 0 amide bonds. The van der Waals surface area contributed by atoms with Gasteiger partial charge >= 0.3 is 5.97 Å². The van der Waals surface area contributed by atoms with Gasteiger partial charge in [-0.3, -0.25) is 4.79 Å². The number of ketones is 1. The van der Waals surface area contributed by atoms with Crippen LogP contribution in [0.5, 0.6) is 0 Å². The van der Waals surface area contributed by atoms with E-state index in [1.54, 1.807) is 6.92 Å². The topological polar surface area (TPSA) is 43.4 Å². The lowest BCUT2D eigenvalue weighted by Gasteiger charge is -2.26. The van der Waals surface area contributed by atoms with Crippen LogP contribution in [-0.2, 0) is 14.3 Å². The molecule has 0 aromatic heterocycles. The zero-order valence-corrected chi connectivity index (χ0v) is 16.1. The number of Topliss-reactive ketones (excluding diaryl/α,β-unsaturated/α-hetero) is 1. The second-order valence-electron chi connectivity index (χ2n) is 6.12. The SMILES string of the molecule is CCOC(=O)C(=O)C[P+](c1ccccc1)(c1ccccc1)c1ccccc1. The van der Waals surface area contributed by atoms with Crippen LogP contribution >= 0.6 is 7.26 Å². The van der Waals surface area contributed by atoms with Gasteiger partial charge in [-0.1, -0.05) is 54.6 Å². The standard InChI is InChI=1S/C23H22O3P/c1-2-26-23(25)22(24)18-27(19-12-6-3-7-13-19,20-14-8-4-9-15-20)21-16-10-5-11-17-21/h3-17H,2,18H2,1H3/q+1. The van der Waals surface area contributed by atoms with Crippen molar-refractivity contribution in [2.45, 2.75) is 6.92 Å². The Morgan fingerprint density at radius 3 is 1.41 bits per heavy atom. The van der Waals surface area contributed by atoms with Crippen LogP contribution in [0.25, 0.3) is 0 Å². The Hall–Kier alpha value is -2.77. The average molecular weight is 377 g/mol. The summed E-state index contributed by atoms with van der Waals surface area (Å²) < 4.78 is 4.99. The maximum atomic E-state index is 12.8. The molecule has 0 saturated carbocycles. The molecule has 0 bridgehead atoms. The maximum absolute atomic E-state index is 12.8. The summed E-state index contributed by atoms with van der Waals surface area (Å²) in [7, 11) is -2.34. The van der Waals surface area contributed by atoms with Crippen LogP contribution in [0.15, 0.2) is 91.0 Å². The van der Waals surface area contributed by atoms with E-state index in [1.807, 2.05) is 91.0 Å². The third-order valence-corrected chi connectivity index (χ3v) is 8.78. The summed E-state index contributed by atoms with van der Waals surface area (Å²) in [6, 6.07) is 30.0. The molecule has 0 aliphatic carbocycles. The number of carbonyl (C=O) groups excluding carboxylic acids is 2. The Labute approximate surface area is 160 Å². The van der Waals surface area contributed by atoms with Gasteiger partial charge < -0.3 is 4.74 Å². The number of rotatable bonds is 7. The van der Waals surface area contributed by atoms with E-state index in [0.717, 1.165) is 15.9 Å². The highest BCUT2D eigenvalue weighted by atomic mass is 31.2. The molecule has 4 heteroatoms. The molecule has 0 N–H and O–H groups in total. The Kier molecular flexibility index (Phi) is 6.16. The van der Waals surface area contributed by atoms with Crippen molar-refractivity contribution in [2.75, 3.05) is 12.8 Å². The number of esters is 1. The van der Waals surface area contributed by atoms with Gasteiger partial charge in [0.05, 0.1) is 6.61 Å². The molecule has 3 rings (SSSR count). The van der Waals surface area contributed by atoms with Gasteiger partial charge in [0, 0.05) is 0 Å². The van der Waals surface area contributed by atoms with Crippen molar-refractivity contribution in [3.8, 4) is 0 Å². The first-order chi connectivity index (χ1) is 13.2. The van der Waals surface area contributed by atoms with Crippen molar-refractivity contribution in [3.05, 3.63) is 91.0 Å².